The van der Waals surface area contributed by atoms with Gasteiger partial charge in [-0.1, -0.05) is 182 Å². The molecule has 0 heterocycles. The fourth-order valence-electron chi connectivity index (χ4n) is 7.69. The standard InChI is InChI=1S/C42H88N/c1-6-11-16-21-26-28-33-38-42(37-32-27-22-17-12-7-2)43(39-34-29-23-18-13-8-3,40-35-30-24-19-14-9-4)41-36-31-25-20-15-10-5/h42H,6-41H2,1-5H3/q+1. The predicted octanol–water partition coefficient (Wildman–Crippen LogP) is 15.1. The van der Waals surface area contributed by atoms with Crippen molar-refractivity contribution in [2.24, 2.45) is 0 Å². The van der Waals surface area contributed by atoms with Crippen LogP contribution in [0.3, 0.4) is 0 Å². The highest BCUT2D eigenvalue weighted by Crippen LogP contribution is 2.29. The van der Waals surface area contributed by atoms with Crippen molar-refractivity contribution in [2.45, 2.75) is 253 Å². The monoisotopic (exact) mass is 607 g/mol. The fraction of sp³-hybridized carbons (Fsp3) is 1.00. The molecule has 1 unspecified atom stereocenters. The Morgan fingerprint density at radius 2 is 0.465 bits per heavy atom. The molecule has 0 amide bonds. The van der Waals surface area contributed by atoms with Crippen LogP contribution in [0.2, 0.25) is 0 Å². The van der Waals surface area contributed by atoms with Crippen molar-refractivity contribution >= 4 is 0 Å². The molecule has 1 heteroatoms. The lowest BCUT2D eigenvalue weighted by Crippen LogP contribution is -2.57. The molecule has 0 aromatic heterocycles. The van der Waals surface area contributed by atoms with E-state index in [9.17, 15) is 0 Å². The van der Waals surface area contributed by atoms with Crippen molar-refractivity contribution < 1.29 is 4.48 Å². The van der Waals surface area contributed by atoms with E-state index in [-0.39, 0.29) is 0 Å². The number of unbranched alkanes of at least 4 members (excludes halogenated alkanes) is 26. The lowest BCUT2D eigenvalue weighted by atomic mass is 9.94. The van der Waals surface area contributed by atoms with Crippen LogP contribution in [-0.4, -0.2) is 30.2 Å². The van der Waals surface area contributed by atoms with E-state index in [4.69, 9.17) is 0 Å². The van der Waals surface area contributed by atoms with Crippen molar-refractivity contribution in [3.63, 3.8) is 0 Å². The molecule has 260 valence electrons. The van der Waals surface area contributed by atoms with Gasteiger partial charge in [-0.15, -0.1) is 0 Å². The minimum Gasteiger partial charge on any atom is -0.321 e. The van der Waals surface area contributed by atoms with E-state index in [2.05, 4.69) is 34.6 Å². The molecule has 1 atom stereocenters. The second-order valence-electron chi connectivity index (χ2n) is 14.8. The summed E-state index contributed by atoms with van der Waals surface area (Å²) in [5.74, 6) is 0. The SMILES string of the molecule is CCCCCCCCCC(CCCCCCCC)[N+](CCCCCCCC)(CCCCCCCC)CCCCCCCC. The quantitative estimate of drug-likeness (QED) is 0.0487. The van der Waals surface area contributed by atoms with Gasteiger partial charge in [-0.25, -0.2) is 0 Å². The summed E-state index contributed by atoms with van der Waals surface area (Å²) in [6, 6.07) is 0.934. The van der Waals surface area contributed by atoms with Crippen LogP contribution < -0.4 is 0 Å². The predicted molar refractivity (Wildman–Crippen MR) is 199 cm³/mol. The number of quaternary nitrogens is 1. The Morgan fingerprint density at radius 3 is 0.721 bits per heavy atom. The molecule has 1 nitrogen and oxygen atoms in total. The van der Waals surface area contributed by atoms with Gasteiger partial charge in [-0.2, -0.15) is 0 Å². The van der Waals surface area contributed by atoms with Crippen LogP contribution in [0.5, 0.6) is 0 Å². The molecule has 0 aromatic carbocycles. The molecule has 0 aliphatic carbocycles. The van der Waals surface area contributed by atoms with Crippen LogP contribution in [0, 0.1) is 0 Å². The Hall–Kier alpha value is -0.0400. The van der Waals surface area contributed by atoms with Crippen LogP contribution >= 0.6 is 0 Å². The number of nitrogens with zero attached hydrogens (tertiary/aromatic N) is 1. The molecular weight excluding hydrogens is 518 g/mol. The lowest BCUT2D eigenvalue weighted by molar-refractivity contribution is -0.952. The van der Waals surface area contributed by atoms with Crippen molar-refractivity contribution in [3.8, 4) is 0 Å². The van der Waals surface area contributed by atoms with Gasteiger partial charge in [0.1, 0.15) is 0 Å². The van der Waals surface area contributed by atoms with Crippen LogP contribution in [0.4, 0.5) is 0 Å². The van der Waals surface area contributed by atoms with Gasteiger partial charge in [-0.05, 0) is 64.2 Å². The van der Waals surface area contributed by atoms with Gasteiger partial charge in [0.25, 0.3) is 0 Å². The average Bonchev–Trinajstić information content (AvgIpc) is 3.02. The largest absolute Gasteiger partial charge is 0.321 e. The van der Waals surface area contributed by atoms with E-state index in [0.29, 0.717) is 0 Å². The first-order valence-corrected chi connectivity index (χ1v) is 21.1. The maximum absolute atomic E-state index is 2.36. The molecule has 0 aromatic rings. The molecule has 0 radical (unpaired) electrons. The summed E-state index contributed by atoms with van der Waals surface area (Å²) < 4.78 is 1.51. The summed E-state index contributed by atoms with van der Waals surface area (Å²) in [5, 5.41) is 0. The molecule has 0 spiro atoms. The number of hydrogen-bond donors (Lipinski definition) is 0. The topological polar surface area (TPSA) is 0 Å². The first-order valence-electron chi connectivity index (χ1n) is 21.1. The Bertz CT molecular complexity index is 458. The lowest BCUT2D eigenvalue weighted by Gasteiger charge is -2.46. The highest BCUT2D eigenvalue weighted by atomic mass is 15.4. The number of rotatable bonds is 37. The van der Waals surface area contributed by atoms with Crippen molar-refractivity contribution in [1.29, 1.82) is 0 Å². The summed E-state index contributed by atoms with van der Waals surface area (Å²) in [6.45, 7) is 16.3. The summed E-state index contributed by atoms with van der Waals surface area (Å²) >= 11 is 0. The van der Waals surface area contributed by atoms with E-state index in [0.717, 1.165) is 6.04 Å². The fourth-order valence-corrected chi connectivity index (χ4v) is 7.69. The molecule has 0 saturated carbocycles. The average molecular weight is 607 g/mol. The minimum absolute atomic E-state index is 0.934. The van der Waals surface area contributed by atoms with E-state index >= 15 is 0 Å². The highest BCUT2D eigenvalue weighted by Gasteiger charge is 2.35. The van der Waals surface area contributed by atoms with Gasteiger partial charge in [-0.3, -0.25) is 0 Å². The van der Waals surface area contributed by atoms with E-state index in [1.807, 2.05) is 0 Å². The summed E-state index contributed by atoms with van der Waals surface area (Å²) in [4.78, 5) is 0. The van der Waals surface area contributed by atoms with Crippen LogP contribution in [0.1, 0.15) is 247 Å². The van der Waals surface area contributed by atoms with E-state index in [1.54, 1.807) is 0 Å². The van der Waals surface area contributed by atoms with Gasteiger partial charge in [0, 0.05) is 0 Å². The van der Waals surface area contributed by atoms with Crippen LogP contribution in [0.25, 0.3) is 0 Å². The third-order valence-electron chi connectivity index (χ3n) is 10.7. The zero-order chi connectivity index (χ0) is 31.5. The molecule has 0 fully saturated rings. The smallest absolute Gasteiger partial charge is 0.0890 e. The summed E-state index contributed by atoms with van der Waals surface area (Å²) in [7, 11) is 0. The maximum atomic E-state index is 2.36. The summed E-state index contributed by atoms with van der Waals surface area (Å²) in [5.41, 5.74) is 0. The number of hydrogen-bond acceptors (Lipinski definition) is 0. The Kier molecular flexibility index (Phi) is 34.8. The highest BCUT2D eigenvalue weighted by molar-refractivity contribution is 4.66. The van der Waals surface area contributed by atoms with Gasteiger partial charge in [0.05, 0.1) is 25.7 Å². The Balaban J connectivity index is 5.61. The molecule has 0 aliphatic rings. The Morgan fingerprint density at radius 1 is 0.256 bits per heavy atom. The Labute approximate surface area is 276 Å². The zero-order valence-corrected chi connectivity index (χ0v) is 31.5. The van der Waals surface area contributed by atoms with Crippen LogP contribution in [-0.2, 0) is 0 Å². The third kappa shape index (κ3) is 26.8. The molecule has 0 aliphatic heterocycles. The van der Waals surface area contributed by atoms with Gasteiger partial charge in [0.2, 0.25) is 0 Å². The van der Waals surface area contributed by atoms with Gasteiger partial charge < -0.3 is 4.48 Å². The summed E-state index contributed by atoms with van der Waals surface area (Å²) in [6.07, 6.45) is 48.1. The molecule has 0 N–H and O–H groups in total. The first kappa shape index (κ1) is 43.0. The zero-order valence-electron chi connectivity index (χ0n) is 31.5. The van der Waals surface area contributed by atoms with Crippen molar-refractivity contribution in [3.05, 3.63) is 0 Å². The normalized spacial score (nSPS) is 12.8. The van der Waals surface area contributed by atoms with E-state index < -0.39 is 0 Å². The molecule has 0 bridgehead atoms. The van der Waals surface area contributed by atoms with Gasteiger partial charge in [0.15, 0.2) is 0 Å². The van der Waals surface area contributed by atoms with Crippen LogP contribution in [0.15, 0.2) is 0 Å². The first-order chi connectivity index (χ1) is 21.2. The van der Waals surface area contributed by atoms with Crippen molar-refractivity contribution in [2.75, 3.05) is 19.6 Å². The second kappa shape index (κ2) is 34.8. The molecule has 0 rings (SSSR count). The molecule has 0 saturated heterocycles. The minimum atomic E-state index is 0.934. The van der Waals surface area contributed by atoms with Crippen molar-refractivity contribution in [1.82, 2.24) is 0 Å². The molecular formula is C42H88N+. The molecule has 43 heavy (non-hydrogen) atoms. The maximum Gasteiger partial charge on any atom is 0.0890 e. The van der Waals surface area contributed by atoms with Gasteiger partial charge >= 0.3 is 0 Å². The second-order valence-corrected chi connectivity index (χ2v) is 14.8. The van der Waals surface area contributed by atoms with E-state index in [1.165, 1.54) is 236 Å². The third-order valence-corrected chi connectivity index (χ3v) is 10.7.